The van der Waals surface area contributed by atoms with Crippen molar-refractivity contribution < 1.29 is 19.2 Å². The molecule has 4 fully saturated rings. The van der Waals surface area contributed by atoms with E-state index in [9.17, 15) is 19.2 Å². The van der Waals surface area contributed by atoms with E-state index >= 15 is 0 Å². The number of carbonyl (C=O) groups excluding carboxylic acids is 4. The molecule has 1 N–H and O–H groups in total. The van der Waals surface area contributed by atoms with Crippen LogP contribution in [0, 0.1) is 5.92 Å². The molecule has 3 aromatic carbocycles. The number of aliphatic imine (C=N–C) groups is 1. The smallest absolute Gasteiger partial charge is 0.255 e. The second-order valence-electron chi connectivity index (χ2n) is 16.8. The maximum atomic E-state index is 13.2. The molecule has 1 saturated carbocycles. The van der Waals surface area contributed by atoms with E-state index in [0.29, 0.717) is 41.0 Å². The van der Waals surface area contributed by atoms with E-state index in [1.807, 2.05) is 25.2 Å². The molecule has 3 amide bonds. The predicted octanol–water partition coefficient (Wildman–Crippen LogP) is 7.39. The van der Waals surface area contributed by atoms with Crippen LogP contribution in [-0.2, 0) is 21.5 Å². The predicted molar refractivity (Wildman–Crippen MR) is 219 cm³/mol. The molecule has 5 aliphatic heterocycles. The third kappa shape index (κ3) is 6.42. The summed E-state index contributed by atoms with van der Waals surface area (Å²) in [7, 11) is 1.90. The van der Waals surface area contributed by atoms with Crippen molar-refractivity contribution in [1.82, 2.24) is 15.1 Å². The molecular formula is C45H51ClN6O4. The number of halogens is 1. The summed E-state index contributed by atoms with van der Waals surface area (Å²) in [5.41, 5.74) is 7.82. The molecule has 56 heavy (non-hydrogen) atoms. The number of amidine groups is 1. The van der Waals surface area contributed by atoms with Gasteiger partial charge in [0, 0.05) is 50.9 Å². The Bertz CT molecular complexity index is 2100. The molecular weight excluding hydrogens is 724 g/mol. The molecule has 292 valence electrons. The Kier molecular flexibility index (Phi) is 9.98. The van der Waals surface area contributed by atoms with E-state index in [4.69, 9.17) is 16.6 Å². The molecule has 6 aliphatic rings. The number of hydrogen-bond donors (Lipinski definition) is 1. The molecule has 3 saturated heterocycles. The summed E-state index contributed by atoms with van der Waals surface area (Å²) in [6, 6.07) is 18.4. The Balaban J connectivity index is 0.832. The molecule has 10 nitrogen and oxygen atoms in total. The van der Waals surface area contributed by atoms with Crippen LogP contribution in [0.1, 0.15) is 114 Å². The van der Waals surface area contributed by atoms with Crippen LogP contribution in [-0.4, -0.2) is 85.5 Å². The van der Waals surface area contributed by atoms with Gasteiger partial charge in [-0.2, -0.15) is 0 Å². The maximum Gasteiger partial charge on any atom is 0.255 e. The SMILES string of the molecule is CN=C1N(c2cccc(Cl)c2C=O)c2cc(C3CCN(CC4CCN(c5ccc6c(c5)CN(C5CCC(=O)NC5=O)C6=O)CC4)CC3)ccc2C12CCCCC2. The van der Waals surface area contributed by atoms with Gasteiger partial charge >= 0.3 is 0 Å². The number of benzene rings is 3. The zero-order valence-corrected chi connectivity index (χ0v) is 33.0. The first-order valence-corrected chi connectivity index (χ1v) is 21.1. The second-order valence-corrected chi connectivity index (χ2v) is 17.2. The van der Waals surface area contributed by atoms with E-state index in [0.717, 1.165) is 106 Å². The fourth-order valence-corrected chi connectivity index (χ4v) is 11.0. The summed E-state index contributed by atoms with van der Waals surface area (Å²) in [6.07, 6.45) is 11.7. The zero-order chi connectivity index (χ0) is 38.6. The van der Waals surface area contributed by atoms with Gasteiger partial charge in [0.25, 0.3) is 5.91 Å². The summed E-state index contributed by atoms with van der Waals surface area (Å²) >= 11 is 6.60. The lowest BCUT2D eigenvalue weighted by Crippen LogP contribution is -2.52. The summed E-state index contributed by atoms with van der Waals surface area (Å²) in [6.45, 7) is 5.67. The molecule has 1 unspecified atom stereocenters. The van der Waals surface area contributed by atoms with Crippen molar-refractivity contribution in [3.63, 3.8) is 0 Å². The number of amides is 3. The first kappa shape index (κ1) is 37.1. The van der Waals surface area contributed by atoms with Gasteiger partial charge < -0.3 is 14.7 Å². The van der Waals surface area contributed by atoms with E-state index < -0.39 is 6.04 Å². The molecule has 0 aromatic heterocycles. The number of aldehydes is 1. The lowest BCUT2D eigenvalue weighted by molar-refractivity contribution is -0.136. The third-order valence-electron chi connectivity index (χ3n) is 13.8. The van der Waals surface area contributed by atoms with Crippen molar-refractivity contribution in [2.75, 3.05) is 49.6 Å². The van der Waals surface area contributed by atoms with Gasteiger partial charge in [0.1, 0.15) is 11.9 Å². The van der Waals surface area contributed by atoms with Crippen LogP contribution in [0.25, 0.3) is 0 Å². The van der Waals surface area contributed by atoms with Crippen molar-refractivity contribution in [1.29, 1.82) is 0 Å². The Morgan fingerprint density at radius 2 is 1.68 bits per heavy atom. The van der Waals surface area contributed by atoms with Crippen LogP contribution in [0.4, 0.5) is 17.1 Å². The monoisotopic (exact) mass is 774 g/mol. The van der Waals surface area contributed by atoms with E-state index in [-0.39, 0.29) is 29.6 Å². The van der Waals surface area contributed by atoms with Crippen LogP contribution < -0.4 is 15.1 Å². The number of fused-ring (bicyclic) bond motifs is 3. The van der Waals surface area contributed by atoms with Crippen LogP contribution >= 0.6 is 11.6 Å². The summed E-state index contributed by atoms with van der Waals surface area (Å²) in [4.78, 5) is 63.6. The normalized spacial score (nSPS) is 23.9. The Labute approximate surface area is 334 Å². The molecule has 9 rings (SSSR count). The fourth-order valence-electron chi connectivity index (χ4n) is 10.8. The molecule has 1 atom stereocenters. The number of hydrogen-bond acceptors (Lipinski definition) is 7. The highest BCUT2D eigenvalue weighted by Gasteiger charge is 2.50. The molecule has 3 aromatic rings. The number of nitrogens with one attached hydrogen (secondary N) is 1. The molecule has 11 heteroatoms. The molecule has 0 bridgehead atoms. The standard InChI is InChI=1S/C45H51ClN6O4/c1-47-44-45(18-3-2-4-19-45)36-11-8-31(25-40(36)52(44)38-7-5-6-37(46)35(38)28-53)30-16-20-49(21-17-30)26-29-14-22-50(23-15-29)33-9-10-34-32(24-33)27-51(43(34)56)39-12-13-41(54)48-42(39)55/h5-11,24-25,28-30,39H,2-4,12-23,26-27H2,1H3,(H,48,54,55). The maximum absolute atomic E-state index is 13.2. The highest BCUT2D eigenvalue weighted by atomic mass is 35.5. The lowest BCUT2D eigenvalue weighted by Gasteiger charge is -2.38. The average molecular weight is 775 g/mol. The average Bonchev–Trinajstić information content (AvgIpc) is 3.68. The zero-order valence-electron chi connectivity index (χ0n) is 32.3. The number of rotatable bonds is 7. The van der Waals surface area contributed by atoms with Gasteiger partial charge in [-0.15, -0.1) is 0 Å². The van der Waals surface area contributed by atoms with Crippen LogP contribution in [0.3, 0.4) is 0 Å². The van der Waals surface area contributed by atoms with Gasteiger partial charge in [-0.1, -0.05) is 49.1 Å². The Hall–Kier alpha value is -4.54. The number of piperidine rings is 3. The van der Waals surface area contributed by atoms with Crippen LogP contribution in [0.2, 0.25) is 5.02 Å². The van der Waals surface area contributed by atoms with Crippen molar-refractivity contribution in [2.24, 2.45) is 10.9 Å². The minimum atomic E-state index is -0.592. The van der Waals surface area contributed by atoms with E-state index in [2.05, 4.69) is 50.3 Å². The minimum Gasteiger partial charge on any atom is -0.372 e. The lowest BCUT2D eigenvalue weighted by atomic mass is 9.69. The number of nitrogens with zero attached hydrogens (tertiary/aromatic N) is 5. The number of carbonyl (C=O) groups is 4. The van der Waals surface area contributed by atoms with Crippen LogP contribution in [0.15, 0.2) is 59.6 Å². The van der Waals surface area contributed by atoms with Gasteiger partial charge in [0.2, 0.25) is 11.8 Å². The van der Waals surface area contributed by atoms with Gasteiger partial charge in [-0.25, -0.2) is 0 Å². The fraction of sp³-hybridized carbons (Fsp3) is 0.489. The number of imide groups is 1. The largest absolute Gasteiger partial charge is 0.372 e. The summed E-state index contributed by atoms with van der Waals surface area (Å²) in [5.74, 6) is 1.40. The topological polar surface area (TPSA) is 106 Å². The summed E-state index contributed by atoms with van der Waals surface area (Å²) in [5, 5.41) is 2.86. The third-order valence-corrected chi connectivity index (χ3v) is 14.1. The van der Waals surface area contributed by atoms with Crippen molar-refractivity contribution >= 4 is 58.5 Å². The molecule has 1 spiro atoms. The summed E-state index contributed by atoms with van der Waals surface area (Å²) < 4.78 is 0. The first-order chi connectivity index (χ1) is 27.3. The van der Waals surface area contributed by atoms with Gasteiger partial charge in [-0.3, -0.25) is 34.4 Å². The number of anilines is 3. The van der Waals surface area contributed by atoms with Gasteiger partial charge in [-0.05, 0) is 123 Å². The van der Waals surface area contributed by atoms with E-state index in [1.165, 1.54) is 30.4 Å². The Morgan fingerprint density at radius 1 is 0.893 bits per heavy atom. The van der Waals surface area contributed by atoms with Crippen LogP contribution in [0.5, 0.6) is 0 Å². The van der Waals surface area contributed by atoms with Gasteiger partial charge in [0.15, 0.2) is 6.29 Å². The minimum absolute atomic E-state index is 0.125. The quantitative estimate of drug-likeness (QED) is 0.197. The van der Waals surface area contributed by atoms with Gasteiger partial charge in [0.05, 0.1) is 27.4 Å². The molecule has 0 radical (unpaired) electrons. The van der Waals surface area contributed by atoms with E-state index in [1.54, 1.807) is 11.0 Å². The highest BCUT2D eigenvalue weighted by molar-refractivity contribution is 6.34. The first-order valence-electron chi connectivity index (χ1n) is 20.7. The van der Waals surface area contributed by atoms with Crippen molar-refractivity contribution in [2.45, 2.75) is 94.5 Å². The molecule has 5 heterocycles. The molecule has 1 aliphatic carbocycles. The van der Waals surface area contributed by atoms with Crippen molar-refractivity contribution in [3.8, 4) is 0 Å². The Morgan fingerprint density at radius 3 is 2.41 bits per heavy atom. The highest BCUT2D eigenvalue weighted by Crippen LogP contribution is 2.54. The van der Waals surface area contributed by atoms with Crippen molar-refractivity contribution in [3.05, 3.63) is 87.4 Å². The second kappa shape index (κ2) is 15.1. The number of likely N-dealkylation sites (tertiary alicyclic amines) is 1.